The zero-order chi connectivity index (χ0) is 17.1. The summed E-state index contributed by atoms with van der Waals surface area (Å²) in [5.74, 6) is -1.21. The average molecular weight is 343 g/mol. The molecule has 0 atom stereocenters. The quantitative estimate of drug-likeness (QED) is 0.720. The maximum absolute atomic E-state index is 12.5. The van der Waals surface area contributed by atoms with Crippen molar-refractivity contribution in [2.75, 3.05) is 0 Å². The fourth-order valence-electron chi connectivity index (χ4n) is 2.93. The molecule has 0 spiro atoms. The first-order valence-corrected chi connectivity index (χ1v) is 7.75. The van der Waals surface area contributed by atoms with Crippen molar-refractivity contribution >= 4 is 5.97 Å². The molecule has 0 amide bonds. The number of aromatic nitrogens is 1. The molecular formula is C20H18NNaO3. The van der Waals surface area contributed by atoms with Gasteiger partial charge < -0.3 is 11.1 Å². The molecule has 0 saturated heterocycles. The van der Waals surface area contributed by atoms with Gasteiger partial charge in [-0.15, -0.1) is 0 Å². The van der Waals surface area contributed by atoms with E-state index in [-0.39, 0.29) is 36.5 Å². The third-order valence-electron chi connectivity index (χ3n) is 3.96. The fourth-order valence-corrected chi connectivity index (χ4v) is 2.93. The molecule has 0 radical (unpaired) electrons. The first-order chi connectivity index (χ1) is 11.6. The number of pyridine rings is 1. The largest absolute Gasteiger partial charge is 1.00 e. The summed E-state index contributed by atoms with van der Waals surface area (Å²) >= 11 is 0. The van der Waals surface area contributed by atoms with Crippen LogP contribution in [0.2, 0.25) is 0 Å². The normalized spacial score (nSPS) is 10.1. The van der Waals surface area contributed by atoms with Gasteiger partial charge in [0.05, 0.1) is 11.4 Å². The number of rotatable bonds is 4. The van der Waals surface area contributed by atoms with Crippen LogP contribution in [-0.2, 0) is 6.54 Å². The van der Waals surface area contributed by atoms with Crippen molar-refractivity contribution in [1.82, 2.24) is 4.57 Å². The van der Waals surface area contributed by atoms with Crippen LogP contribution in [0.1, 0.15) is 18.7 Å². The van der Waals surface area contributed by atoms with Gasteiger partial charge >= 0.3 is 35.5 Å². The Bertz CT molecular complexity index is 941. The predicted octanol–water partition coefficient (Wildman–Crippen LogP) is 1.02. The Morgan fingerprint density at radius 2 is 1.52 bits per heavy atom. The smallest absolute Gasteiger partial charge is 1.00 e. The Balaban J connectivity index is 0.00000169. The third-order valence-corrected chi connectivity index (χ3v) is 3.96. The van der Waals surface area contributed by atoms with Gasteiger partial charge in [0.1, 0.15) is 5.56 Å². The van der Waals surface area contributed by atoms with E-state index in [1.165, 1.54) is 6.07 Å². The molecule has 1 heterocycles. The van der Waals surface area contributed by atoms with Crippen molar-refractivity contribution < 1.29 is 40.9 Å². The molecule has 5 heteroatoms. The number of hydrogen-bond acceptors (Lipinski definition) is 2. The van der Waals surface area contributed by atoms with Crippen LogP contribution in [0.4, 0.5) is 0 Å². The Morgan fingerprint density at radius 1 is 1.00 bits per heavy atom. The molecule has 0 unspecified atom stereocenters. The van der Waals surface area contributed by atoms with Gasteiger partial charge in [-0.05, 0) is 18.1 Å². The Labute approximate surface area is 169 Å². The molecule has 0 aliphatic carbocycles. The van der Waals surface area contributed by atoms with Gasteiger partial charge in [0.2, 0.25) is 0 Å². The number of aromatic carboxylic acids is 1. The van der Waals surface area contributed by atoms with E-state index in [1.54, 1.807) is 0 Å². The molecule has 0 aliphatic rings. The first kappa shape index (κ1) is 19.2. The number of nitrogens with zero attached hydrogens (tertiary/aromatic N) is 1. The molecule has 1 aromatic heterocycles. The van der Waals surface area contributed by atoms with Gasteiger partial charge in [-0.3, -0.25) is 4.79 Å². The maximum Gasteiger partial charge on any atom is 1.00 e. The zero-order valence-electron chi connectivity index (χ0n) is 15.3. The van der Waals surface area contributed by atoms with Crippen molar-refractivity contribution in [2.45, 2.75) is 13.5 Å². The summed E-state index contributed by atoms with van der Waals surface area (Å²) in [6.07, 6.45) is 0. The minimum absolute atomic E-state index is 0. The molecule has 3 aromatic rings. The molecule has 4 nitrogen and oxygen atoms in total. The van der Waals surface area contributed by atoms with E-state index in [0.717, 1.165) is 5.56 Å². The molecule has 0 saturated carbocycles. The summed E-state index contributed by atoms with van der Waals surface area (Å²) in [4.78, 5) is 24.2. The van der Waals surface area contributed by atoms with Crippen molar-refractivity contribution in [3.8, 4) is 22.5 Å². The maximum atomic E-state index is 12.5. The van der Waals surface area contributed by atoms with Gasteiger partial charge in [0.25, 0.3) is 0 Å². The Morgan fingerprint density at radius 3 is 2.00 bits per heavy atom. The van der Waals surface area contributed by atoms with Gasteiger partial charge in [0.15, 0.2) is 5.43 Å². The molecular weight excluding hydrogens is 325 g/mol. The van der Waals surface area contributed by atoms with Crippen LogP contribution in [0, 0.1) is 0 Å². The molecule has 0 aliphatic heterocycles. The van der Waals surface area contributed by atoms with E-state index in [4.69, 9.17) is 0 Å². The Kier molecular flexibility index (Phi) is 6.37. The van der Waals surface area contributed by atoms with Gasteiger partial charge in [-0.25, -0.2) is 4.79 Å². The van der Waals surface area contributed by atoms with Gasteiger partial charge in [-0.1, -0.05) is 60.7 Å². The molecule has 1 N–H and O–H groups in total. The van der Waals surface area contributed by atoms with Crippen molar-refractivity contribution in [2.24, 2.45) is 0 Å². The summed E-state index contributed by atoms with van der Waals surface area (Å²) in [6.45, 7) is 2.49. The van der Waals surface area contributed by atoms with Crippen LogP contribution in [0.25, 0.3) is 22.5 Å². The summed E-state index contributed by atoms with van der Waals surface area (Å²) in [5.41, 5.74) is 2.08. The van der Waals surface area contributed by atoms with Crippen LogP contribution in [0.15, 0.2) is 71.5 Å². The standard InChI is InChI=1S/C20H17NO3.Na.H/c1-2-21-16(14-9-5-3-6-10-14)13-17(22)18(20(23)24)19(21)15-11-7-4-8-12-15;;/h3-13H,2H2,1H3,(H,23,24);;/q;+1;-1. The molecule has 122 valence electrons. The summed E-state index contributed by atoms with van der Waals surface area (Å²) in [7, 11) is 0. The number of benzene rings is 2. The minimum atomic E-state index is -1.21. The number of carbonyl (C=O) groups is 1. The fraction of sp³-hybridized carbons (Fsp3) is 0.100. The second kappa shape index (κ2) is 8.30. The molecule has 3 rings (SSSR count). The summed E-state index contributed by atoms with van der Waals surface area (Å²) < 4.78 is 1.88. The first-order valence-electron chi connectivity index (χ1n) is 7.75. The third kappa shape index (κ3) is 3.76. The number of carboxylic acid groups (broad SMARTS) is 1. The predicted molar refractivity (Wildman–Crippen MR) is 95.3 cm³/mol. The van der Waals surface area contributed by atoms with Crippen molar-refractivity contribution in [3.63, 3.8) is 0 Å². The van der Waals surface area contributed by atoms with Crippen LogP contribution >= 0.6 is 0 Å². The van der Waals surface area contributed by atoms with Gasteiger partial charge in [-0.2, -0.15) is 0 Å². The molecule has 2 aromatic carbocycles. The van der Waals surface area contributed by atoms with E-state index in [9.17, 15) is 14.7 Å². The minimum Gasteiger partial charge on any atom is -1.00 e. The van der Waals surface area contributed by atoms with E-state index in [0.29, 0.717) is 23.5 Å². The zero-order valence-corrected chi connectivity index (χ0v) is 16.3. The topological polar surface area (TPSA) is 59.3 Å². The Hall–Kier alpha value is -2.14. The molecule has 0 fully saturated rings. The van der Waals surface area contributed by atoms with Crippen molar-refractivity contribution in [3.05, 3.63) is 82.5 Å². The molecule has 0 bridgehead atoms. The van der Waals surface area contributed by atoms with E-state index in [2.05, 4.69) is 0 Å². The van der Waals surface area contributed by atoms with Crippen LogP contribution in [0.5, 0.6) is 0 Å². The van der Waals surface area contributed by atoms with E-state index >= 15 is 0 Å². The number of hydrogen-bond donors (Lipinski definition) is 1. The molecule has 25 heavy (non-hydrogen) atoms. The average Bonchev–Trinajstić information content (AvgIpc) is 2.62. The summed E-state index contributed by atoms with van der Waals surface area (Å²) in [6, 6.07) is 20.1. The van der Waals surface area contributed by atoms with Crippen molar-refractivity contribution in [1.29, 1.82) is 0 Å². The van der Waals surface area contributed by atoms with Crippen LogP contribution < -0.4 is 35.0 Å². The second-order valence-electron chi connectivity index (χ2n) is 5.40. The van der Waals surface area contributed by atoms with E-state index < -0.39 is 11.4 Å². The van der Waals surface area contributed by atoms with E-state index in [1.807, 2.05) is 72.2 Å². The monoisotopic (exact) mass is 343 g/mol. The second-order valence-corrected chi connectivity index (χ2v) is 5.40. The van der Waals surface area contributed by atoms with Crippen LogP contribution in [-0.4, -0.2) is 15.6 Å². The van der Waals surface area contributed by atoms with Gasteiger partial charge in [0, 0.05) is 12.6 Å². The number of carboxylic acids is 1. The summed E-state index contributed by atoms with van der Waals surface area (Å²) in [5, 5.41) is 9.58. The van der Waals surface area contributed by atoms with Crippen LogP contribution in [0.3, 0.4) is 0 Å². The SMILES string of the molecule is CCn1c(-c2ccccc2)cc(=O)c(C(=O)O)c1-c1ccccc1.[H-].[Na+].